The first kappa shape index (κ1) is 34.7. The third-order valence-corrected chi connectivity index (χ3v) is 13.9. The van der Waals surface area contributed by atoms with Crippen LogP contribution in [-0.4, -0.2) is 50.7 Å². The Morgan fingerprint density at radius 3 is 2.22 bits per heavy atom. The van der Waals surface area contributed by atoms with Gasteiger partial charge in [-0.1, -0.05) is 50.6 Å². The second-order valence-electron chi connectivity index (χ2n) is 16.4. The minimum absolute atomic E-state index is 0.0422. The van der Waals surface area contributed by atoms with Crippen molar-refractivity contribution >= 4 is 40.9 Å². The number of fused-ring (bicyclic) bond motifs is 5. The van der Waals surface area contributed by atoms with E-state index in [0.717, 1.165) is 10.5 Å². The van der Waals surface area contributed by atoms with Crippen LogP contribution >= 0.6 is 11.8 Å². The van der Waals surface area contributed by atoms with Gasteiger partial charge in [-0.2, -0.15) is 0 Å². The summed E-state index contributed by atoms with van der Waals surface area (Å²) in [5.74, 6) is -2.32. The van der Waals surface area contributed by atoms with Crippen LogP contribution in [0.4, 0.5) is 0 Å². The lowest BCUT2D eigenvalue weighted by atomic mass is 9.38. The van der Waals surface area contributed by atoms with Gasteiger partial charge in [0.15, 0.2) is 11.6 Å². The molecule has 1 aromatic carbocycles. The first-order chi connectivity index (χ1) is 21.1. The molecule has 0 amide bonds. The molecule has 4 aliphatic rings. The Morgan fingerprint density at radius 1 is 0.978 bits per heavy atom. The van der Waals surface area contributed by atoms with Gasteiger partial charge in [-0.25, -0.2) is 0 Å². The molecule has 3 saturated carbocycles. The van der Waals surface area contributed by atoms with Crippen molar-refractivity contribution in [1.29, 1.82) is 0 Å². The zero-order chi connectivity index (χ0) is 34.3. The van der Waals surface area contributed by atoms with Crippen LogP contribution in [0.15, 0.2) is 46.9 Å². The van der Waals surface area contributed by atoms with Crippen LogP contribution in [0.1, 0.15) is 101 Å². The van der Waals surface area contributed by atoms with Crippen molar-refractivity contribution in [2.45, 2.75) is 122 Å². The van der Waals surface area contributed by atoms with Gasteiger partial charge in [0, 0.05) is 41.9 Å². The second kappa shape index (κ2) is 11.3. The topological polar surface area (TPSA) is 115 Å². The molecule has 8 heteroatoms. The van der Waals surface area contributed by atoms with E-state index >= 15 is 0 Å². The highest BCUT2D eigenvalue weighted by atomic mass is 32.2. The van der Waals surface area contributed by atoms with E-state index in [1.54, 1.807) is 25.6 Å². The molecule has 7 nitrogen and oxygen atoms in total. The van der Waals surface area contributed by atoms with E-state index < -0.39 is 50.5 Å². The summed E-state index contributed by atoms with van der Waals surface area (Å²) >= 11 is 1.56. The molecule has 0 unspecified atom stereocenters. The van der Waals surface area contributed by atoms with Crippen LogP contribution in [0.3, 0.4) is 0 Å². The Hall–Kier alpha value is -2.58. The number of carbonyl (C=O) groups excluding carboxylic acids is 5. The number of allylic oxidation sites excluding steroid dienone is 2. The average Bonchev–Trinajstić information content (AvgIpc) is 3.15. The number of hydrogen-bond acceptors (Lipinski definition) is 8. The number of ketones is 4. The lowest BCUT2D eigenvalue weighted by Gasteiger charge is -2.64. The standard InChI is InChI=1S/C38H50O7S/c1-22(39)45-33(2,3)18-17-29(41)38(9,44)31-26(40)20-35(6)28-16-15-24-25(37(28,8)30(42)21-36(31,35)7)19-27(32(43)34(24,4)5)46-23-13-11-10-12-14-23/h10-15,25,27-28,31,44H,16-21H2,1-9H3/t25-,27+,28+,31+,35+,36-,37+,38+/m1/s1. The number of aliphatic hydroxyl groups is 1. The van der Waals surface area contributed by atoms with Gasteiger partial charge in [-0.3, -0.25) is 24.0 Å². The highest BCUT2D eigenvalue weighted by Crippen LogP contribution is 2.73. The zero-order valence-corrected chi connectivity index (χ0v) is 29.6. The van der Waals surface area contributed by atoms with Crippen LogP contribution in [0.25, 0.3) is 0 Å². The van der Waals surface area contributed by atoms with E-state index in [-0.39, 0.29) is 60.1 Å². The Morgan fingerprint density at radius 2 is 1.61 bits per heavy atom. The third-order valence-electron chi connectivity index (χ3n) is 12.7. The molecule has 250 valence electrons. The van der Waals surface area contributed by atoms with E-state index in [1.807, 2.05) is 51.1 Å². The largest absolute Gasteiger partial charge is 0.460 e. The minimum Gasteiger partial charge on any atom is -0.460 e. The van der Waals surface area contributed by atoms with E-state index in [0.29, 0.717) is 12.8 Å². The number of thioether (sulfide) groups is 1. The monoisotopic (exact) mass is 650 g/mol. The van der Waals surface area contributed by atoms with Crippen LogP contribution in [0.5, 0.6) is 0 Å². The molecule has 1 aromatic rings. The van der Waals surface area contributed by atoms with Crippen molar-refractivity contribution in [2.24, 2.45) is 39.4 Å². The fourth-order valence-corrected chi connectivity index (χ4v) is 11.4. The molecule has 1 N–H and O–H groups in total. The first-order valence-electron chi connectivity index (χ1n) is 16.6. The van der Waals surface area contributed by atoms with Gasteiger partial charge in [0.1, 0.15) is 22.8 Å². The second-order valence-corrected chi connectivity index (χ2v) is 17.6. The van der Waals surface area contributed by atoms with Gasteiger partial charge in [0.05, 0.1) is 11.2 Å². The molecule has 0 bridgehead atoms. The number of esters is 1. The molecule has 0 saturated heterocycles. The summed E-state index contributed by atoms with van der Waals surface area (Å²) < 4.78 is 5.35. The Kier molecular flexibility index (Phi) is 8.50. The van der Waals surface area contributed by atoms with Crippen LogP contribution < -0.4 is 0 Å². The molecule has 0 heterocycles. The summed E-state index contributed by atoms with van der Waals surface area (Å²) in [5, 5.41) is 11.6. The Balaban J connectivity index is 1.49. The quantitative estimate of drug-likeness (QED) is 0.243. The van der Waals surface area contributed by atoms with E-state index in [9.17, 15) is 29.1 Å². The maximum absolute atomic E-state index is 14.7. The van der Waals surface area contributed by atoms with Gasteiger partial charge in [0.25, 0.3) is 0 Å². The van der Waals surface area contributed by atoms with Crippen LogP contribution in [0, 0.1) is 39.4 Å². The van der Waals surface area contributed by atoms with E-state index in [1.165, 1.54) is 13.8 Å². The van der Waals surface area contributed by atoms with Crippen LogP contribution in [0.2, 0.25) is 0 Å². The summed E-state index contributed by atoms with van der Waals surface area (Å²) in [5.41, 5.74) is -5.00. The normalized spacial score (nSPS) is 36.6. The molecule has 0 aliphatic heterocycles. The van der Waals surface area contributed by atoms with Crippen molar-refractivity contribution in [2.75, 3.05) is 0 Å². The lowest BCUT2D eigenvalue weighted by Crippen LogP contribution is -2.65. The number of rotatable bonds is 8. The Labute approximate surface area is 277 Å². The molecule has 8 atom stereocenters. The van der Waals surface area contributed by atoms with Gasteiger partial charge in [0.2, 0.25) is 0 Å². The van der Waals surface area contributed by atoms with Gasteiger partial charge in [-0.15, -0.1) is 11.8 Å². The summed E-state index contributed by atoms with van der Waals surface area (Å²) in [6, 6.07) is 9.89. The fourth-order valence-electron chi connectivity index (χ4n) is 10.1. The summed E-state index contributed by atoms with van der Waals surface area (Å²) in [7, 11) is 0. The maximum atomic E-state index is 14.7. The van der Waals surface area contributed by atoms with Crippen molar-refractivity contribution in [1.82, 2.24) is 0 Å². The van der Waals surface area contributed by atoms with Crippen molar-refractivity contribution in [3.8, 4) is 0 Å². The van der Waals surface area contributed by atoms with E-state index in [4.69, 9.17) is 4.74 Å². The van der Waals surface area contributed by atoms with Gasteiger partial charge in [-0.05, 0) is 88.7 Å². The van der Waals surface area contributed by atoms with Crippen LogP contribution in [-0.2, 0) is 28.7 Å². The Bertz CT molecular complexity index is 1510. The zero-order valence-electron chi connectivity index (χ0n) is 28.8. The highest BCUT2D eigenvalue weighted by molar-refractivity contribution is 8.00. The predicted octanol–water partition coefficient (Wildman–Crippen LogP) is 6.73. The van der Waals surface area contributed by atoms with Gasteiger partial charge >= 0.3 is 5.97 Å². The van der Waals surface area contributed by atoms with Crippen molar-refractivity contribution in [3.63, 3.8) is 0 Å². The number of ether oxygens (including phenoxy) is 1. The fraction of sp³-hybridized carbons (Fsp3) is 0.658. The summed E-state index contributed by atoms with van der Waals surface area (Å²) in [4.78, 5) is 68.9. The molecule has 46 heavy (non-hydrogen) atoms. The molecule has 4 aliphatic carbocycles. The molecule has 0 aromatic heterocycles. The van der Waals surface area contributed by atoms with Crippen molar-refractivity contribution in [3.05, 3.63) is 42.0 Å². The number of hydrogen-bond donors (Lipinski definition) is 1. The summed E-state index contributed by atoms with van der Waals surface area (Å²) in [6.07, 6.45) is 3.64. The lowest BCUT2D eigenvalue weighted by molar-refractivity contribution is -0.181. The highest BCUT2D eigenvalue weighted by Gasteiger charge is 2.75. The minimum atomic E-state index is -1.99. The van der Waals surface area contributed by atoms with Gasteiger partial charge < -0.3 is 9.84 Å². The maximum Gasteiger partial charge on any atom is 0.303 e. The predicted molar refractivity (Wildman–Crippen MR) is 177 cm³/mol. The molecule has 0 spiro atoms. The number of carbonyl (C=O) groups is 5. The number of Topliss-reactive ketones (excluding diaryl/α,β-unsaturated/α-hetero) is 4. The third kappa shape index (κ3) is 5.17. The number of benzene rings is 1. The smallest absolute Gasteiger partial charge is 0.303 e. The SMILES string of the molecule is CC(=O)OC(C)(C)CCC(=O)[C@](C)(O)[C@H]1C(=O)C[C@@]2(C)[C@@H]3CC=C4[C@@H](C[C@H](Sc5ccccc5)C(=O)C4(C)C)[C@]3(C)C(=O)C[C@]12C. The molecule has 3 fully saturated rings. The van der Waals surface area contributed by atoms with Crippen molar-refractivity contribution < 1.29 is 33.8 Å². The van der Waals surface area contributed by atoms with E-state index in [2.05, 4.69) is 19.9 Å². The summed E-state index contributed by atoms with van der Waals surface area (Å²) in [6.45, 7) is 16.2. The molecule has 5 rings (SSSR count). The molecular formula is C38H50O7S. The molecular weight excluding hydrogens is 600 g/mol. The first-order valence-corrected chi connectivity index (χ1v) is 17.5. The average molecular weight is 651 g/mol. The molecule has 0 radical (unpaired) electrons.